The fourth-order valence-electron chi connectivity index (χ4n) is 1.50. The highest BCUT2D eigenvalue weighted by Crippen LogP contribution is 2.38. The van der Waals surface area contributed by atoms with E-state index in [9.17, 15) is 23.3 Å². The van der Waals surface area contributed by atoms with Crippen LogP contribution in [0.2, 0.25) is 0 Å². The molecule has 0 fully saturated rings. The molecule has 0 radical (unpaired) electrons. The lowest BCUT2D eigenvalue weighted by atomic mass is 10.2. The molecule has 2 aromatic carbocycles. The van der Waals surface area contributed by atoms with Crippen molar-refractivity contribution in [3.63, 3.8) is 0 Å². The zero-order chi connectivity index (χ0) is 15.7. The Labute approximate surface area is 124 Å². The highest BCUT2D eigenvalue weighted by Gasteiger charge is 2.26. The Morgan fingerprint density at radius 3 is 2.43 bits per heavy atom. The molecule has 9 heteroatoms. The molecule has 5 nitrogen and oxygen atoms in total. The Balaban J connectivity index is 2.47. The van der Waals surface area contributed by atoms with Crippen LogP contribution in [0, 0.1) is 27.6 Å². The number of anilines is 1. The molecule has 2 rings (SSSR count). The molecule has 21 heavy (non-hydrogen) atoms. The molecule has 110 valence electrons. The third-order valence-corrected chi connectivity index (χ3v) is 3.07. The van der Waals surface area contributed by atoms with Crippen LogP contribution in [0.3, 0.4) is 0 Å². The number of nitrogens with zero attached hydrogens (tertiary/aromatic N) is 1. The van der Waals surface area contributed by atoms with Gasteiger partial charge in [0.1, 0.15) is 11.6 Å². The molecular weight excluding hydrogens is 357 g/mol. The van der Waals surface area contributed by atoms with Crippen molar-refractivity contribution in [3.05, 3.63) is 56.3 Å². The van der Waals surface area contributed by atoms with E-state index in [1.807, 2.05) is 0 Å². The molecule has 0 atom stereocenters. The van der Waals surface area contributed by atoms with E-state index in [0.29, 0.717) is 0 Å². The van der Waals surface area contributed by atoms with Crippen molar-refractivity contribution >= 4 is 27.3 Å². The van der Waals surface area contributed by atoms with E-state index in [0.717, 1.165) is 24.3 Å². The second-order valence-electron chi connectivity index (χ2n) is 3.88. The molecule has 0 heterocycles. The van der Waals surface area contributed by atoms with E-state index in [4.69, 9.17) is 10.5 Å². The van der Waals surface area contributed by atoms with E-state index in [1.165, 1.54) is 0 Å². The van der Waals surface area contributed by atoms with E-state index < -0.39 is 33.8 Å². The fourth-order valence-corrected chi connectivity index (χ4v) is 1.97. The molecule has 0 saturated heterocycles. The predicted octanol–water partition coefficient (Wildman–Crippen LogP) is 4.15. The molecule has 0 aliphatic carbocycles. The third kappa shape index (κ3) is 2.92. The minimum absolute atomic E-state index is 0.0539. The van der Waals surface area contributed by atoms with Gasteiger partial charge in [-0.2, -0.15) is 8.78 Å². The van der Waals surface area contributed by atoms with Crippen LogP contribution in [-0.4, -0.2) is 4.92 Å². The Kier molecular flexibility index (Phi) is 4.03. The number of hydrogen-bond acceptors (Lipinski definition) is 4. The summed E-state index contributed by atoms with van der Waals surface area (Å²) in [6.45, 7) is 0. The van der Waals surface area contributed by atoms with Gasteiger partial charge in [0.05, 0.1) is 15.1 Å². The van der Waals surface area contributed by atoms with Crippen LogP contribution in [-0.2, 0) is 0 Å². The van der Waals surface area contributed by atoms with Crippen molar-refractivity contribution in [1.29, 1.82) is 0 Å². The van der Waals surface area contributed by atoms with Crippen LogP contribution in [0.4, 0.5) is 24.5 Å². The molecule has 0 aliphatic rings. The maximum atomic E-state index is 13.8. The molecule has 2 aromatic rings. The van der Waals surface area contributed by atoms with Gasteiger partial charge in [0.25, 0.3) is 0 Å². The fraction of sp³-hybridized carbons (Fsp3) is 0. The molecular formula is C12H6BrF3N2O3. The topological polar surface area (TPSA) is 78.4 Å². The van der Waals surface area contributed by atoms with Gasteiger partial charge < -0.3 is 10.5 Å². The van der Waals surface area contributed by atoms with Gasteiger partial charge in [-0.05, 0) is 28.1 Å². The Morgan fingerprint density at radius 1 is 1.19 bits per heavy atom. The van der Waals surface area contributed by atoms with Crippen molar-refractivity contribution in [1.82, 2.24) is 0 Å². The number of hydrogen-bond donors (Lipinski definition) is 1. The lowest BCUT2D eigenvalue weighted by Gasteiger charge is -2.10. The standard InChI is InChI=1S/C12H6BrF3N2O3/c13-6-4-9(18(19)20)10(15)11(16)12(6)21-5-1-2-7(14)8(17)3-5/h1-4H,17H2. The summed E-state index contributed by atoms with van der Waals surface area (Å²) in [5, 5.41) is 10.6. The minimum Gasteiger partial charge on any atom is -0.453 e. The number of nitrogens with two attached hydrogens (primary N) is 1. The molecule has 2 N–H and O–H groups in total. The summed E-state index contributed by atoms with van der Waals surface area (Å²) < 4.78 is 45.2. The second kappa shape index (κ2) is 5.60. The van der Waals surface area contributed by atoms with Crippen LogP contribution >= 0.6 is 15.9 Å². The molecule has 0 saturated carbocycles. The highest BCUT2D eigenvalue weighted by molar-refractivity contribution is 9.10. The van der Waals surface area contributed by atoms with Crippen molar-refractivity contribution in [2.24, 2.45) is 0 Å². The lowest BCUT2D eigenvalue weighted by molar-refractivity contribution is -0.387. The Bertz CT molecular complexity index is 740. The van der Waals surface area contributed by atoms with E-state index in [-0.39, 0.29) is 15.9 Å². The Hall–Kier alpha value is -2.29. The molecule has 0 bridgehead atoms. The summed E-state index contributed by atoms with van der Waals surface area (Å²) in [6, 6.07) is 3.97. The average Bonchev–Trinajstić information content (AvgIpc) is 2.42. The third-order valence-electron chi connectivity index (χ3n) is 2.48. The van der Waals surface area contributed by atoms with Gasteiger partial charge in [0, 0.05) is 12.1 Å². The minimum atomic E-state index is -1.66. The Morgan fingerprint density at radius 2 is 1.86 bits per heavy atom. The molecule has 0 aliphatic heterocycles. The summed E-state index contributed by atoms with van der Waals surface area (Å²) in [6.07, 6.45) is 0. The normalized spacial score (nSPS) is 10.5. The first kappa shape index (κ1) is 15.1. The summed E-state index contributed by atoms with van der Waals surface area (Å²) >= 11 is 2.85. The van der Waals surface area contributed by atoms with Gasteiger partial charge in [0.15, 0.2) is 5.75 Å². The molecule has 0 amide bonds. The number of nitro groups is 1. The molecule has 0 aromatic heterocycles. The zero-order valence-electron chi connectivity index (χ0n) is 10.1. The quantitative estimate of drug-likeness (QED) is 0.385. The number of nitro benzene ring substituents is 1. The number of benzene rings is 2. The van der Waals surface area contributed by atoms with Gasteiger partial charge in [-0.15, -0.1) is 0 Å². The zero-order valence-corrected chi connectivity index (χ0v) is 11.7. The maximum absolute atomic E-state index is 13.8. The van der Waals surface area contributed by atoms with Crippen molar-refractivity contribution in [2.45, 2.75) is 0 Å². The summed E-state index contributed by atoms with van der Waals surface area (Å²) in [5.41, 5.74) is 4.04. The van der Waals surface area contributed by atoms with Gasteiger partial charge in [-0.25, -0.2) is 4.39 Å². The monoisotopic (exact) mass is 362 g/mol. The van der Waals surface area contributed by atoms with Crippen LogP contribution in [0.1, 0.15) is 0 Å². The maximum Gasteiger partial charge on any atom is 0.309 e. The predicted molar refractivity (Wildman–Crippen MR) is 71.6 cm³/mol. The van der Waals surface area contributed by atoms with Crippen molar-refractivity contribution < 1.29 is 22.8 Å². The van der Waals surface area contributed by atoms with E-state index in [2.05, 4.69) is 15.9 Å². The summed E-state index contributed by atoms with van der Waals surface area (Å²) in [7, 11) is 0. The second-order valence-corrected chi connectivity index (χ2v) is 4.73. The first-order valence-corrected chi connectivity index (χ1v) is 6.15. The largest absolute Gasteiger partial charge is 0.453 e. The smallest absolute Gasteiger partial charge is 0.309 e. The van der Waals surface area contributed by atoms with E-state index in [1.54, 1.807) is 0 Å². The van der Waals surface area contributed by atoms with Crippen molar-refractivity contribution in [3.8, 4) is 11.5 Å². The number of rotatable bonds is 3. The molecule has 0 unspecified atom stereocenters. The first-order valence-electron chi connectivity index (χ1n) is 5.36. The number of nitrogen functional groups attached to an aromatic ring is 1. The lowest BCUT2D eigenvalue weighted by Crippen LogP contribution is -2.00. The van der Waals surface area contributed by atoms with Gasteiger partial charge in [-0.3, -0.25) is 10.1 Å². The first-order chi connectivity index (χ1) is 9.81. The van der Waals surface area contributed by atoms with Gasteiger partial charge >= 0.3 is 5.69 Å². The van der Waals surface area contributed by atoms with Crippen LogP contribution in [0.5, 0.6) is 11.5 Å². The number of ether oxygens (including phenoxy) is 1. The van der Waals surface area contributed by atoms with E-state index >= 15 is 0 Å². The van der Waals surface area contributed by atoms with Crippen LogP contribution < -0.4 is 10.5 Å². The average molecular weight is 363 g/mol. The van der Waals surface area contributed by atoms with Crippen LogP contribution in [0.15, 0.2) is 28.7 Å². The van der Waals surface area contributed by atoms with Crippen molar-refractivity contribution in [2.75, 3.05) is 5.73 Å². The van der Waals surface area contributed by atoms with Gasteiger partial charge in [-0.1, -0.05) is 0 Å². The van der Waals surface area contributed by atoms with Gasteiger partial charge in [0.2, 0.25) is 11.6 Å². The van der Waals surface area contributed by atoms with Crippen LogP contribution in [0.25, 0.3) is 0 Å². The SMILES string of the molecule is Nc1cc(Oc2c(Br)cc([N+](=O)[O-])c(F)c2F)ccc1F. The number of halogens is 4. The highest BCUT2D eigenvalue weighted by atomic mass is 79.9. The molecule has 0 spiro atoms. The summed E-state index contributed by atoms with van der Waals surface area (Å²) in [4.78, 5) is 9.49. The summed E-state index contributed by atoms with van der Waals surface area (Å²) in [5.74, 6) is -4.56.